The highest BCUT2D eigenvalue weighted by Crippen LogP contribution is 2.20. The molecule has 1 amide bonds. The Morgan fingerprint density at radius 2 is 1.93 bits per heavy atom. The van der Waals surface area contributed by atoms with E-state index < -0.39 is 0 Å². The number of hydrogen-bond acceptors (Lipinski definition) is 5. The molecular formula is C22H21N5O2. The minimum Gasteiger partial charge on any atom is -0.339 e. The van der Waals surface area contributed by atoms with Crippen molar-refractivity contribution in [3.63, 3.8) is 0 Å². The molecular weight excluding hydrogens is 366 g/mol. The van der Waals surface area contributed by atoms with E-state index in [0.717, 1.165) is 23.4 Å². The second-order valence-electron chi connectivity index (χ2n) is 6.76. The van der Waals surface area contributed by atoms with Gasteiger partial charge < -0.3 is 9.84 Å². The van der Waals surface area contributed by atoms with E-state index in [1.165, 1.54) is 5.56 Å². The number of hydrogen-bond donors (Lipinski definition) is 1. The van der Waals surface area contributed by atoms with E-state index in [2.05, 4.69) is 27.5 Å². The lowest BCUT2D eigenvalue weighted by Gasteiger charge is -2.06. The zero-order valence-corrected chi connectivity index (χ0v) is 16.5. The summed E-state index contributed by atoms with van der Waals surface area (Å²) in [7, 11) is 0. The number of aryl methyl sites for hydroxylation is 3. The molecule has 29 heavy (non-hydrogen) atoms. The van der Waals surface area contributed by atoms with E-state index in [0.29, 0.717) is 23.0 Å². The number of benzene rings is 2. The highest BCUT2D eigenvalue weighted by Gasteiger charge is 2.15. The topological polar surface area (TPSA) is 85.8 Å². The summed E-state index contributed by atoms with van der Waals surface area (Å²) in [5.74, 6) is 0.882. The zero-order chi connectivity index (χ0) is 20.4. The van der Waals surface area contributed by atoms with Crippen molar-refractivity contribution in [3.05, 3.63) is 77.4 Å². The minimum atomic E-state index is -0.180. The number of amides is 1. The number of aromatic nitrogens is 4. The molecule has 7 nitrogen and oxygen atoms in total. The van der Waals surface area contributed by atoms with Gasteiger partial charge in [0.05, 0.1) is 16.9 Å². The van der Waals surface area contributed by atoms with Crippen LogP contribution in [-0.4, -0.2) is 25.8 Å². The lowest BCUT2D eigenvalue weighted by molar-refractivity contribution is 0.102. The number of carbonyl (C=O) groups is 1. The normalized spacial score (nSPS) is 10.9. The van der Waals surface area contributed by atoms with E-state index in [-0.39, 0.29) is 5.91 Å². The van der Waals surface area contributed by atoms with Gasteiger partial charge in [0.15, 0.2) is 0 Å². The Balaban J connectivity index is 1.55. The summed E-state index contributed by atoms with van der Waals surface area (Å²) in [6, 6.07) is 15.4. The summed E-state index contributed by atoms with van der Waals surface area (Å²) in [5.41, 5.74) is 4.83. The first-order chi connectivity index (χ1) is 14.0. The van der Waals surface area contributed by atoms with E-state index >= 15 is 0 Å². The molecule has 7 heteroatoms. The highest BCUT2D eigenvalue weighted by atomic mass is 16.5. The number of carbonyl (C=O) groups excluding carboxylic acids is 1. The predicted molar refractivity (Wildman–Crippen MR) is 110 cm³/mol. The van der Waals surface area contributed by atoms with Crippen molar-refractivity contribution in [1.82, 2.24) is 19.9 Å². The van der Waals surface area contributed by atoms with Crippen LogP contribution in [0.15, 0.2) is 59.3 Å². The maximum Gasteiger partial charge on any atom is 0.259 e. The SMILES string of the molecule is CCc1cccc(NC(=O)c2cn(-c3ccc(-c4noc(C)n4)cc3)nc2C)c1. The standard InChI is InChI=1S/C22H21N5O2/c1-4-16-6-5-7-18(12-16)24-22(28)20-13-27(25-14(20)2)19-10-8-17(9-11-19)21-23-15(3)29-26-21/h5-13H,4H2,1-3H3,(H,24,28). The maximum atomic E-state index is 12.7. The van der Waals surface area contributed by atoms with Crippen LogP contribution >= 0.6 is 0 Å². The van der Waals surface area contributed by atoms with Crippen LogP contribution in [-0.2, 0) is 6.42 Å². The van der Waals surface area contributed by atoms with Crippen molar-refractivity contribution in [3.8, 4) is 17.1 Å². The van der Waals surface area contributed by atoms with Gasteiger partial charge in [-0.25, -0.2) is 4.68 Å². The Morgan fingerprint density at radius 3 is 2.62 bits per heavy atom. The first-order valence-corrected chi connectivity index (χ1v) is 9.41. The highest BCUT2D eigenvalue weighted by molar-refractivity contribution is 6.05. The van der Waals surface area contributed by atoms with Gasteiger partial charge in [0.25, 0.3) is 5.91 Å². The molecule has 0 bridgehead atoms. The number of rotatable bonds is 5. The van der Waals surface area contributed by atoms with Crippen molar-refractivity contribution in [1.29, 1.82) is 0 Å². The molecule has 0 radical (unpaired) electrons. The fourth-order valence-corrected chi connectivity index (χ4v) is 3.06. The second kappa shape index (κ2) is 7.71. The van der Waals surface area contributed by atoms with Crippen LogP contribution in [0.2, 0.25) is 0 Å². The number of nitrogens with zero attached hydrogens (tertiary/aromatic N) is 4. The number of nitrogens with one attached hydrogen (secondary N) is 1. The molecule has 0 fully saturated rings. The van der Waals surface area contributed by atoms with Crippen molar-refractivity contribution in [2.75, 3.05) is 5.32 Å². The Hall–Kier alpha value is -3.74. The van der Waals surface area contributed by atoms with Crippen LogP contribution in [0.25, 0.3) is 17.1 Å². The summed E-state index contributed by atoms with van der Waals surface area (Å²) in [5, 5.41) is 11.4. The molecule has 4 rings (SSSR count). The molecule has 2 aromatic carbocycles. The summed E-state index contributed by atoms with van der Waals surface area (Å²) in [4.78, 5) is 17.0. The Bertz CT molecular complexity index is 1160. The van der Waals surface area contributed by atoms with E-state index in [1.54, 1.807) is 17.8 Å². The first-order valence-electron chi connectivity index (χ1n) is 9.41. The van der Waals surface area contributed by atoms with Crippen molar-refractivity contribution in [2.24, 2.45) is 0 Å². The van der Waals surface area contributed by atoms with Gasteiger partial charge in [-0.1, -0.05) is 24.2 Å². The fraction of sp³-hybridized carbons (Fsp3) is 0.182. The third kappa shape index (κ3) is 3.94. The Labute approximate surface area is 168 Å². The zero-order valence-electron chi connectivity index (χ0n) is 16.5. The Morgan fingerprint density at radius 1 is 1.14 bits per heavy atom. The molecule has 0 spiro atoms. The third-order valence-electron chi connectivity index (χ3n) is 4.65. The predicted octanol–water partition coefficient (Wildman–Crippen LogP) is 4.35. The van der Waals surface area contributed by atoms with E-state index in [9.17, 15) is 4.79 Å². The molecule has 2 heterocycles. The third-order valence-corrected chi connectivity index (χ3v) is 4.65. The van der Waals surface area contributed by atoms with Gasteiger partial charge in [-0.3, -0.25) is 4.79 Å². The molecule has 146 valence electrons. The molecule has 0 saturated heterocycles. The molecule has 0 unspecified atom stereocenters. The summed E-state index contributed by atoms with van der Waals surface area (Å²) >= 11 is 0. The van der Waals surface area contributed by atoms with Crippen LogP contribution in [0.5, 0.6) is 0 Å². The molecule has 0 atom stereocenters. The van der Waals surface area contributed by atoms with Gasteiger partial charge in [-0.05, 0) is 55.3 Å². The molecule has 0 aliphatic rings. The van der Waals surface area contributed by atoms with Crippen LogP contribution < -0.4 is 5.32 Å². The minimum absolute atomic E-state index is 0.180. The molecule has 1 N–H and O–H groups in total. The Kier molecular flexibility index (Phi) is 4.95. The monoisotopic (exact) mass is 387 g/mol. The lowest BCUT2D eigenvalue weighted by Crippen LogP contribution is -2.12. The quantitative estimate of drug-likeness (QED) is 0.550. The van der Waals surface area contributed by atoms with Gasteiger partial charge >= 0.3 is 0 Å². The lowest BCUT2D eigenvalue weighted by atomic mass is 10.1. The average Bonchev–Trinajstić information content (AvgIpc) is 3.34. The summed E-state index contributed by atoms with van der Waals surface area (Å²) in [6.45, 7) is 5.66. The number of anilines is 1. The van der Waals surface area contributed by atoms with Crippen LogP contribution in [0.4, 0.5) is 5.69 Å². The second-order valence-corrected chi connectivity index (χ2v) is 6.76. The van der Waals surface area contributed by atoms with Gasteiger partial charge in [0, 0.05) is 24.4 Å². The summed E-state index contributed by atoms with van der Waals surface area (Å²) in [6.07, 6.45) is 2.65. The van der Waals surface area contributed by atoms with Gasteiger partial charge in [-0.15, -0.1) is 0 Å². The van der Waals surface area contributed by atoms with Crippen LogP contribution in [0, 0.1) is 13.8 Å². The molecule has 2 aromatic heterocycles. The fourth-order valence-electron chi connectivity index (χ4n) is 3.06. The largest absolute Gasteiger partial charge is 0.339 e. The van der Waals surface area contributed by atoms with E-state index in [1.807, 2.05) is 55.5 Å². The average molecular weight is 387 g/mol. The van der Waals surface area contributed by atoms with Crippen molar-refractivity contribution in [2.45, 2.75) is 27.2 Å². The maximum absolute atomic E-state index is 12.7. The molecule has 4 aromatic rings. The molecule has 0 saturated carbocycles. The van der Waals surface area contributed by atoms with Gasteiger partial charge in [0.2, 0.25) is 11.7 Å². The van der Waals surface area contributed by atoms with Gasteiger partial charge in [0.1, 0.15) is 0 Å². The van der Waals surface area contributed by atoms with Crippen LogP contribution in [0.1, 0.15) is 34.4 Å². The van der Waals surface area contributed by atoms with Crippen molar-refractivity contribution < 1.29 is 9.32 Å². The summed E-state index contributed by atoms with van der Waals surface area (Å²) < 4.78 is 6.71. The van der Waals surface area contributed by atoms with E-state index in [4.69, 9.17) is 4.52 Å². The van der Waals surface area contributed by atoms with Crippen molar-refractivity contribution >= 4 is 11.6 Å². The molecule has 0 aliphatic heterocycles. The first kappa shape index (κ1) is 18.6. The molecule has 0 aliphatic carbocycles. The van der Waals surface area contributed by atoms with Gasteiger partial charge in [-0.2, -0.15) is 10.1 Å². The smallest absolute Gasteiger partial charge is 0.259 e. The van der Waals surface area contributed by atoms with Crippen LogP contribution in [0.3, 0.4) is 0 Å².